The van der Waals surface area contributed by atoms with Crippen molar-refractivity contribution in [1.82, 2.24) is 14.7 Å². The molecule has 0 saturated carbocycles. The molecule has 0 unspecified atom stereocenters. The lowest BCUT2D eigenvalue weighted by Crippen LogP contribution is -2.33. The molecule has 0 N–H and O–H groups in total. The van der Waals surface area contributed by atoms with E-state index in [0.29, 0.717) is 11.3 Å². The Morgan fingerprint density at radius 3 is 2.42 bits per heavy atom. The minimum absolute atomic E-state index is 0.476. The molecule has 122 valence electrons. The third-order valence-corrected chi connectivity index (χ3v) is 4.28. The normalized spacial score (nSPS) is 14.6. The molecule has 5 heteroatoms. The van der Waals surface area contributed by atoms with E-state index in [2.05, 4.69) is 22.1 Å². The highest BCUT2D eigenvalue weighted by Crippen LogP contribution is 2.24. The fourth-order valence-electron chi connectivity index (χ4n) is 3.14. The number of nitrogens with zero attached hydrogens (tertiary/aromatic N) is 3. The highest BCUT2D eigenvalue weighted by molar-refractivity contribution is 5.59. The van der Waals surface area contributed by atoms with Crippen LogP contribution in [0.5, 0.6) is 0 Å². The van der Waals surface area contributed by atoms with Crippen molar-refractivity contribution in [2.24, 2.45) is 0 Å². The minimum atomic E-state index is -0.582. The number of halogens is 2. The van der Waals surface area contributed by atoms with Crippen LogP contribution in [0.1, 0.15) is 11.3 Å². The Balaban J connectivity index is 1.55. The lowest BCUT2D eigenvalue weighted by atomic mass is 10.1. The van der Waals surface area contributed by atoms with E-state index >= 15 is 0 Å². The zero-order valence-corrected chi connectivity index (χ0v) is 13.1. The molecular weight excluding hydrogens is 308 g/mol. The predicted molar refractivity (Wildman–Crippen MR) is 88.1 cm³/mol. The molecule has 4 rings (SSSR count). The zero-order valence-electron chi connectivity index (χ0n) is 13.1. The van der Waals surface area contributed by atoms with Crippen LogP contribution in [-0.4, -0.2) is 21.2 Å². The SMILES string of the molecule is Fc1cc(F)cc(-c2cc3n(n2)CCN(Cc2ccccc2)C3)c1. The average molecular weight is 325 g/mol. The number of fused-ring (bicyclic) bond motifs is 1. The highest BCUT2D eigenvalue weighted by atomic mass is 19.1. The second kappa shape index (κ2) is 6.17. The summed E-state index contributed by atoms with van der Waals surface area (Å²) in [6.07, 6.45) is 0. The van der Waals surface area contributed by atoms with Crippen LogP contribution in [0.2, 0.25) is 0 Å². The van der Waals surface area contributed by atoms with Crippen molar-refractivity contribution in [3.8, 4) is 11.3 Å². The van der Waals surface area contributed by atoms with Gasteiger partial charge in [0.15, 0.2) is 0 Å². The third kappa shape index (κ3) is 3.08. The summed E-state index contributed by atoms with van der Waals surface area (Å²) in [7, 11) is 0. The minimum Gasteiger partial charge on any atom is -0.291 e. The first-order valence-corrected chi connectivity index (χ1v) is 7.97. The van der Waals surface area contributed by atoms with Crippen molar-refractivity contribution in [1.29, 1.82) is 0 Å². The van der Waals surface area contributed by atoms with Gasteiger partial charge in [-0.3, -0.25) is 9.58 Å². The summed E-state index contributed by atoms with van der Waals surface area (Å²) < 4.78 is 28.8. The first-order valence-electron chi connectivity index (χ1n) is 7.97. The smallest absolute Gasteiger partial charge is 0.126 e. The second-order valence-electron chi connectivity index (χ2n) is 6.10. The highest BCUT2D eigenvalue weighted by Gasteiger charge is 2.19. The molecule has 2 heterocycles. The number of benzene rings is 2. The van der Waals surface area contributed by atoms with Crippen molar-refractivity contribution < 1.29 is 8.78 Å². The topological polar surface area (TPSA) is 21.1 Å². The summed E-state index contributed by atoms with van der Waals surface area (Å²) in [5.74, 6) is -1.16. The monoisotopic (exact) mass is 325 g/mol. The summed E-state index contributed by atoms with van der Waals surface area (Å²) >= 11 is 0. The number of hydrogen-bond acceptors (Lipinski definition) is 2. The molecule has 1 aliphatic rings. The number of hydrogen-bond donors (Lipinski definition) is 0. The largest absolute Gasteiger partial charge is 0.291 e. The summed E-state index contributed by atoms with van der Waals surface area (Å²) in [6.45, 7) is 3.34. The Bertz CT molecular complexity index is 838. The van der Waals surface area contributed by atoms with E-state index < -0.39 is 11.6 Å². The van der Waals surface area contributed by atoms with Crippen LogP contribution in [0, 0.1) is 11.6 Å². The van der Waals surface area contributed by atoms with Gasteiger partial charge in [-0.1, -0.05) is 30.3 Å². The Labute approximate surface area is 139 Å². The molecule has 0 saturated heterocycles. The molecule has 0 radical (unpaired) electrons. The van der Waals surface area contributed by atoms with Gasteiger partial charge < -0.3 is 0 Å². The van der Waals surface area contributed by atoms with Crippen molar-refractivity contribution in [3.63, 3.8) is 0 Å². The lowest BCUT2D eigenvalue weighted by Gasteiger charge is -2.27. The molecule has 2 aromatic carbocycles. The molecule has 0 aliphatic carbocycles. The maximum atomic E-state index is 13.4. The lowest BCUT2D eigenvalue weighted by molar-refractivity contribution is 0.205. The van der Waals surface area contributed by atoms with Gasteiger partial charge >= 0.3 is 0 Å². The maximum absolute atomic E-state index is 13.4. The third-order valence-electron chi connectivity index (χ3n) is 4.28. The average Bonchev–Trinajstić information content (AvgIpc) is 2.98. The maximum Gasteiger partial charge on any atom is 0.126 e. The molecule has 0 amide bonds. The number of aromatic nitrogens is 2. The molecule has 1 aromatic heterocycles. The molecule has 0 atom stereocenters. The van der Waals surface area contributed by atoms with E-state index in [1.807, 2.05) is 28.9 Å². The van der Waals surface area contributed by atoms with Gasteiger partial charge in [0.05, 0.1) is 17.9 Å². The second-order valence-corrected chi connectivity index (χ2v) is 6.10. The Morgan fingerprint density at radius 1 is 0.917 bits per heavy atom. The predicted octanol–water partition coefficient (Wildman–Crippen LogP) is 3.84. The van der Waals surface area contributed by atoms with Gasteiger partial charge in [-0.15, -0.1) is 0 Å². The first kappa shape index (κ1) is 15.0. The molecule has 3 nitrogen and oxygen atoms in total. The molecular formula is C19H17F2N3. The first-order chi connectivity index (χ1) is 11.7. The van der Waals surface area contributed by atoms with Crippen LogP contribution in [0.4, 0.5) is 8.78 Å². The van der Waals surface area contributed by atoms with E-state index in [0.717, 1.165) is 37.9 Å². The van der Waals surface area contributed by atoms with Gasteiger partial charge in [0.1, 0.15) is 11.6 Å². The van der Waals surface area contributed by atoms with E-state index in [1.165, 1.54) is 17.7 Å². The van der Waals surface area contributed by atoms with Gasteiger partial charge in [0, 0.05) is 31.3 Å². The van der Waals surface area contributed by atoms with E-state index in [-0.39, 0.29) is 0 Å². The Kier molecular flexibility index (Phi) is 3.86. The quantitative estimate of drug-likeness (QED) is 0.729. The fourth-order valence-corrected chi connectivity index (χ4v) is 3.14. The molecule has 3 aromatic rings. The van der Waals surface area contributed by atoms with Gasteiger partial charge in [0.2, 0.25) is 0 Å². The molecule has 24 heavy (non-hydrogen) atoms. The van der Waals surface area contributed by atoms with Crippen molar-refractivity contribution >= 4 is 0 Å². The van der Waals surface area contributed by atoms with Crippen molar-refractivity contribution in [2.45, 2.75) is 19.6 Å². The molecule has 0 fully saturated rings. The molecule has 1 aliphatic heterocycles. The summed E-state index contributed by atoms with van der Waals surface area (Å²) in [5.41, 5.74) is 3.43. The number of rotatable bonds is 3. The zero-order chi connectivity index (χ0) is 16.5. The van der Waals surface area contributed by atoms with Gasteiger partial charge in [-0.05, 0) is 23.8 Å². The van der Waals surface area contributed by atoms with Gasteiger partial charge in [-0.2, -0.15) is 5.10 Å². The summed E-state index contributed by atoms with van der Waals surface area (Å²) in [4.78, 5) is 2.35. The van der Waals surface area contributed by atoms with E-state index in [4.69, 9.17) is 0 Å². The molecule has 0 spiro atoms. The summed E-state index contributed by atoms with van der Waals surface area (Å²) in [5, 5.41) is 4.50. The van der Waals surface area contributed by atoms with Gasteiger partial charge in [0.25, 0.3) is 0 Å². The summed E-state index contributed by atoms with van der Waals surface area (Å²) in [6, 6.07) is 15.8. The van der Waals surface area contributed by atoms with Crippen molar-refractivity contribution in [2.75, 3.05) is 6.54 Å². The van der Waals surface area contributed by atoms with Crippen LogP contribution in [0.15, 0.2) is 54.6 Å². The van der Waals surface area contributed by atoms with Gasteiger partial charge in [-0.25, -0.2) is 8.78 Å². The fraction of sp³-hybridized carbons (Fsp3) is 0.211. The van der Waals surface area contributed by atoms with E-state index in [9.17, 15) is 8.78 Å². The van der Waals surface area contributed by atoms with Crippen LogP contribution < -0.4 is 0 Å². The van der Waals surface area contributed by atoms with Crippen molar-refractivity contribution in [3.05, 3.63) is 77.5 Å². The molecule has 0 bridgehead atoms. The van der Waals surface area contributed by atoms with Crippen LogP contribution in [0.25, 0.3) is 11.3 Å². The van der Waals surface area contributed by atoms with E-state index in [1.54, 1.807) is 0 Å². The standard InChI is InChI=1S/C19H17F2N3/c20-16-8-15(9-17(21)10-16)19-11-18-13-23(6-7-24(18)22-19)12-14-4-2-1-3-5-14/h1-5,8-11H,6-7,12-13H2. The van der Waals surface area contributed by atoms with Crippen LogP contribution >= 0.6 is 0 Å². The Morgan fingerprint density at radius 2 is 1.67 bits per heavy atom. The van der Waals surface area contributed by atoms with Crippen LogP contribution in [0.3, 0.4) is 0 Å². The Hall–Kier alpha value is -2.53. The van der Waals surface area contributed by atoms with Crippen LogP contribution in [-0.2, 0) is 19.6 Å².